The van der Waals surface area contributed by atoms with Crippen LogP contribution in [0.5, 0.6) is 0 Å². The summed E-state index contributed by atoms with van der Waals surface area (Å²) in [6.07, 6.45) is 1.49. The standard InChI is InChI=1S/C12H16ClNO2S/c1-8-4-9(12(15)16)2-3-14(8)6-11-5-10(13)7-17-11/h5,7-9H,2-4,6H2,1H3,(H,15,16). The molecule has 0 spiro atoms. The third-order valence-electron chi connectivity index (χ3n) is 3.34. The molecule has 3 nitrogen and oxygen atoms in total. The summed E-state index contributed by atoms with van der Waals surface area (Å²) in [5.74, 6) is -0.830. The number of thiophene rings is 1. The SMILES string of the molecule is CC1CC(C(=O)O)CCN1Cc1cc(Cl)cs1. The molecule has 1 aromatic rings. The highest BCUT2D eigenvalue weighted by Gasteiger charge is 2.29. The van der Waals surface area contributed by atoms with E-state index in [1.807, 2.05) is 11.4 Å². The summed E-state index contributed by atoms with van der Waals surface area (Å²) < 4.78 is 0. The quantitative estimate of drug-likeness (QED) is 0.920. The topological polar surface area (TPSA) is 40.5 Å². The van der Waals surface area contributed by atoms with Crippen LogP contribution in [0.2, 0.25) is 5.02 Å². The fraction of sp³-hybridized carbons (Fsp3) is 0.583. The van der Waals surface area contributed by atoms with Gasteiger partial charge in [0.2, 0.25) is 0 Å². The molecule has 1 fully saturated rings. The van der Waals surface area contributed by atoms with Crippen LogP contribution in [0.3, 0.4) is 0 Å². The number of carbonyl (C=O) groups is 1. The van der Waals surface area contributed by atoms with Crippen molar-refractivity contribution in [1.29, 1.82) is 0 Å². The number of halogens is 1. The number of hydrogen-bond donors (Lipinski definition) is 1. The Morgan fingerprint density at radius 1 is 1.71 bits per heavy atom. The molecular formula is C12H16ClNO2S. The summed E-state index contributed by atoms with van der Waals surface area (Å²) in [4.78, 5) is 14.5. The molecule has 2 unspecified atom stereocenters. The van der Waals surface area contributed by atoms with Crippen LogP contribution in [0.1, 0.15) is 24.6 Å². The second-order valence-corrected chi connectivity index (χ2v) is 6.04. The van der Waals surface area contributed by atoms with E-state index in [1.54, 1.807) is 11.3 Å². The zero-order chi connectivity index (χ0) is 12.4. The molecule has 1 N–H and O–H groups in total. The highest BCUT2D eigenvalue weighted by molar-refractivity contribution is 7.10. The van der Waals surface area contributed by atoms with E-state index in [0.717, 1.165) is 31.0 Å². The number of nitrogens with zero attached hydrogens (tertiary/aromatic N) is 1. The van der Waals surface area contributed by atoms with Gasteiger partial charge in [0.1, 0.15) is 0 Å². The van der Waals surface area contributed by atoms with Crippen molar-refractivity contribution in [3.8, 4) is 0 Å². The molecule has 0 aromatic carbocycles. The minimum Gasteiger partial charge on any atom is -0.481 e. The predicted molar refractivity (Wildman–Crippen MR) is 69.6 cm³/mol. The molecule has 1 aliphatic rings. The van der Waals surface area contributed by atoms with E-state index in [4.69, 9.17) is 16.7 Å². The molecule has 0 bridgehead atoms. The van der Waals surface area contributed by atoms with Crippen molar-refractivity contribution < 1.29 is 9.90 Å². The third-order valence-corrected chi connectivity index (χ3v) is 4.61. The van der Waals surface area contributed by atoms with E-state index >= 15 is 0 Å². The van der Waals surface area contributed by atoms with E-state index in [0.29, 0.717) is 6.04 Å². The number of carboxylic acids is 1. The maximum atomic E-state index is 10.9. The molecule has 0 saturated carbocycles. The molecule has 2 atom stereocenters. The van der Waals surface area contributed by atoms with Gasteiger partial charge in [-0.05, 0) is 32.4 Å². The second kappa shape index (κ2) is 5.38. The lowest BCUT2D eigenvalue weighted by Gasteiger charge is -2.35. The third kappa shape index (κ3) is 3.21. The molecule has 2 rings (SSSR count). The van der Waals surface area contributed by atoms with Gasteiger partial charge in [0.05, 0.1) is 10.9 Å². The zero-order valence-corrected chi connectivity index (χ0v) is 11.3. The molecule has 2 heterocycles. The number of aliphatic carboxylic acids is 1. The van der Waals surface area contributed by atoms with Crippen LogP contribution in [-0.4, -0.2) is 28.6 Å². The fourth-order valence-electron chi connectivity index (χ4n) is 2.32. The highest BCUT2D eigenvalue weighted by atomic mass is 35.5. The van der Waals surface area contributed by atoms with Gasteiger partial charge in [-0.15, -0.1) is 11.3 Å². The molecular weight excluding hydrogens is 258 g/mol. The minimum absolute atomic E-state index is 0.173. The summed E-state index contributed by atoms with van der Waals surface area (Å²) in [5.41, 5.74) is 0. The average molecular weight is 274 g/mol. The van der Waals surface area contributed by atoms with Crippen LogP contribution in [0.15, 0.2) is 11.4 Å². The van der Waals surface area contributed by atoms with Crippen LogP contribution >= 0.6 is 22.9 Å². The van der Waals surface area contributed by atoms with Crippen LogP contribution in [-0.2, 0) is 11.3 Å². The van der Waals surface area contributed by atoms with Gasteiger partial charge >= 0.3 is 5.97 Å². The first-order chi connectivity index (χ1) is 8.06. The van der Waals surface area contributed by atoms with Crippen LogP contribution in [0, 0.1) is 5.92 Å². The molecule has 94 valence electrons. The lowest BCUT2D eigenvalue weighted by molar-refractivity contribution is -0.144. The van der Waals surface area contributed by atoms with Crippen LogP contribution in [0.4, 0.5) is 0 Å². The second-order valence-electron chi connectivity index (χ2n) is 4.61. The van der Waals surface area contributed by atoms with Gasteiger partial charge in [-0.25, -0.2) is 0 Å². The van der Waals surface area contributed by atoms with Gasteiger partial charge in [0.25, 0.3) is 0 Å². The Hall–Kier alpha value is -0.580. The predicted octanol–water partition coefficient (Wildman–Crippen LogP) is 3.09. The van der Waals surface area contributed by atoms with E-state index < -0.39 is 5.97 Å². The first-order valence-corrected chi connectivity index (χ1v) is 7.02. The molecule has 1 aromatic heterocycles. The van der Waals surface area contributed by atoms with Crippen molar-refractivity contribution in [1.82, 2.24) is 4.90 Å². The Kier molecular flexibility index (Phi) is 4.07. The van der Waals surface area contributed by atoms with E-state index in [1.165, 1.54) is 4.88 Å². The lowest BCUT2D eigenvalue weighted by Crippen LogP contribution is -2.41. The Morgan fingerprint density at radius 3 is 3.00 bits per heavy atom. The Bertz CT molecular complexity index is 407. The van der Waals surface area contributed by atoms with Gasteiger partial charge in [-0.3, -0.25) is 9.69 Å². The molecule has 5 heteroatoms. The number of rotatable bonds is 3. The Morgan fingerprint density at radius 2 is 2.47 bits per heavy atom. The normalized spacial score (nSPS) is 26.0. The van der Waals surface area contributed by atoms with Crippen molar-refractivity contribution in [2.75, 3.05) is 6.54 Å². The van der Waals surface area contributed by atoms with Gasteiger partial charge < -0.3 is 5.11 Å². The van der Waals surface area contributed by atoms with E-state index in [9.17, 15) is 4.79 Å². The number of piperidine rings is 1. The Labute approximate surface area is 110 Å². The molecule has 1 saturated heterocycles. The fourth-order valence-corrected chi connectivity index (χ4v) is 3.41. The zero-order valence-electron chi connectivity index (χ0n) is 9.73. The van der Waals surface area contributed by atoms with Crippen molar-refractivity contribution in [2.45, 2.75) is 32.4 Å². The molecule has 17 heavy (non-hydrogen) atoms. The van der Waals surface area contributed by atoms with Gasteiger partial charge in [0, 0.05) is 22.8 Å². The van der Waals surface area contributed by atoms with Gasteiger partial charge in [0.15, 0.2) is 0 Å². The van der Waals surface area contributed by atoms with Crippen molar-refractivity contribution >= 4 is 28.9 Å². The summed E-state index contributed by atoms with van der Waals surface area (Å²) in [6.45, 7) is 3.84. The maximum Gasteiger partial charge on any atom is 0.306 e. The van der Waals surface area contributed by atoms with Crippen molar-refractivity contribution in [3.05, 3.63) is 21.3 Å². The molecule has 1 aliphatic heterocycles. The lowest BCUT2D eigenvalue weighted by atomic mass is 9.92. The van der Waals surface area contributed by atoms with Gasteiger partial charge in [-0.2, -0.15) is 0 Å². The molecule has 0 aliphatic carbocycles. The summed E-state index contributed by atoms with van der Waals surface area (Å²) in [5, 5.41) is 11.7. The number of hydrogen-bond acceptors (Lipinski definition) is 3. The Balaban J connectivity index is 1.93. The van der Waals surface area contributed by atoms with Crippen LogP contribution < -0.4 is 0 Å². The summed E-state index contributed by atoms with van der Waals surface area (Å²) >= 11 is 7.56. The largest absolute Gasteiger partial charge is 0.481 e. The smallest absolute Gasteiger partial charge is 0.306 e. The molecule has 0 amide bonds. The molecule has 0 radical (unpaired) electrons. The summed E-state index contributed by atoms with van der Waals surface area (Å²) in [6, 6.07) is 2.31. The first kappa shape index (κ1) is 12.9. The van der Waals surface area contributed by atoms with E-state index in [2.05, 4.69) is 11.8 Å². The van der Waals surface area contributed by atoms with Crippen molar-refractivity contribution in [3.63, 3.8) is 0 Å². The van der Waals surface area contributed by atoms with Crippen LogP contribution in [0.25, 0.3) is 0 Å². The van der Waals surface area contributed by atoms with E-state index in [-0.39, 0.29) is 5.92 Å². The minimum atomic E-state index is -0.657. The summed E-state index contributed by atoms with van der Waals surface area (Å²) in [7, 11) is 0. The number of likely N-dealkylation sites (tertiary alicyclic amines) is 1. The maximum absolute atomic E-state index is 10.9. The highest BCUT2D eigenvalue weighted by Crippen LogP contribution is 2.27. The van der Waals surface area contributed by atoms with Crippen molar-refractivity contribution in [2.24, 2.45) is 5.92 Å². The van der Waals surface area contributed by atoms with Gasteiger partial charge in [-0.1, -0.05) is 11.6 Å². The number of carboxylic acid groups (broad SMARTS) is 1. The first-order valence-electron chi connectivity index (χ1n) is 5.76. The average Bonchev–Trinajstić information content (AvgIpc) is 2.67. The monoisotopic (exact) mass is 273 g/mol.